The summed E-state index contributed by atoms with van der Waals surface area (Å²) in [6, 6.07) is 4.80. The molecule has 1 aliphatic carbocycles. The largest absolute Gasteiger partial charge is 0.490 e. The number of hydrogen-bond acceptors (Lipinski definition) is 2. The molecule has 2 nitrogen and oxygen atoms in total. The van der Waals surface area contributed by atoms with Crippen LogP contribution in [0.1, 0.15) is 51.5 Å². The van der Waals surface area contributed by atoms with Gasteiger partial charge in [0.25, 0.3) is 0 Å². The quantitative estimate of drug-likeness (QED) is 0.882. The Bertz CT molecular complexity index is 433. The normalized spacial score (nSPS) is 24.4. The fourth-order valence-electron chi connectivity index (χ4n) is 3.13. The summed E-state index contributed by atoms with van der Waals surface area (Å²) in [7, 11) is 0. The molecule has 20 heavy (non-hydrogen) atoms. The Balaban J connectivity index is 2.14. The Hall–Kier alpha value is -1.09. The van der Waals surface area contributed by atoms with Gasteiger partial charge in [-0.15, -0.1) is 0 Å². The third kappa shape index (κ3) is 3.95. The van der Waals surface area contributed by atoms with Crippen LogP contribution in [0.2, 0.25) is 0 Å². The van der Waals surface area contributed by atoms with Crippen molar-refractivity contribution < 1.29 is 9.13 Å². The van der Waals surface area contributed by atoms with E-state index in [2.05, 4.69) is 6.92 Å². The van der Waals surface area contributed by atoms with Gasteiger partial charge >= 0.3 is 0 Å². The van der Waals surface area contributed by atoms with Crippen LogP contribution in [-0.4, -0.2) is 12.1 Å². The molecule has 0 radical (unpaired) electrons. The highest BCUT2D eigenvalue weighted by Gasteiger charge is 2.26. The van der Waals surface area contributed by atoms with E-state index in [0.29, 0.717) is 12.3 Å². The average molecular weight is 279 g/mol. The number of benzene rings is 1. The summed E-state index contributed by atoms with van der Waals surface area (Å²) in [6.45, 7) is 4.16. The van der Waals surface area contributed by atoms with Gasteiger partial charge in [0.15, 0.2) is 0 Å². The van der Waals surface area contributed by atoms with Crippen LogP contribution in [0, 0.1) is 11.7 Å². The second kappa shape index (κ2) is 7.07. The first-order valence-corrected chi connectivity index (χ1v) is 7.80. The Morgan fingerprint density at radius 3 is 2.80 bits per heavy atom. The van der Waals surface area contributed by atoms with Crippen molar-refractivity contribution in [2.24, 2.45) is 11.7 Å². The smallest absolute Gasteiger partial charge is 0.123 e. The highest BCUT2D eigenvalue weighted by atomic mass is 19.1. The standard InChI is InChI=1S/C17H26FNO/c1-3-13-6-4-5-7-16(13)20-17-9-8-15(18)11-14(17)10-12(2)19/h8-9,11-13,16H,3-7,10,19H2,1-2H3. The lowest BCUT2D eigenvalue weighted by atomic mass is 9.84. The topological polar surface area (TPSA) is 35.2 Å². The van der Waals surface area contributed by atoms with Gasteiger partial charge in [0, 0.05) is 6.04 Å². The van der Waals surface area contributed by atoms with E-state index < -0.39 is 0 Å². The molecule has 0 aromatic heterocycles. The van der Waals surface area contributed by atoms with Gasteiger partial charge in [0.1, 0.15) is 17.7 Å². The summed E-state index contributed by atoms with van der Waals surface area (Å²) in [4.78, 5) is 0. The molecular weight excluding hydrogens is 253 g/mol. The molecule has 1 aliphatic rings. The molecule has 1 aromatic carbocycles. The second-order valence-corrected chi connectivity index (χ2v) is 6.04. The Morgan fingerprint density at radius 1 is 1.35 bits per heavy atom. The molecule has 112 valence electrons. The molecule has 3 unspecified atom stereocenters. The van der Waals surface area contributed by atoms with Crippen molar-refractivity contribution in [3.63, 3.8) is 0 Å². The predicted molar refractivity (Wildman–Crippen MR) is 80.4 cm³/mol. The highest BCUT2D eigenvalue weighted by molar-refractivity contribution is 5.35. The van der Waals surface area contributed by atoms with Gasteiger partial charge in [-0.3, -0.25) is 0 Å². The van der Waals surface area contributed by atoms with Gasteiger partial charge < -0.3 is 10.5 Å². The summed E-state index contributed by atoms with van der Waals surface area (Å²) < 4.78 is 19.6. The Kier molecular flexibility index (Phi) is 5.41. The monoisotopic (exact) mass is 279 g/mol. The molecule has 1 aromatic rings. The summed E-state index contributed by atoms with van der Waals surface area (Å²) in [5, 5.41) is 0. The second-order valence-electron chi connectivity index (χ2n) is 6.04. The van der Waals surface area contributed by atoms with E-state index >= 15 is 0 Å². The molecule has 0 saturated heterocycles. The van der Waals surface area contributed by atoms with E-state index in [1.54, 1.807) is 12.1 Å². The van der Waals surface area contributed by atoms with Crippen molar-refractivity contribution >= 4 is 0 Å². The summed E-state index contributed by atoms with van der Waals surface area (Å²) in [5.74, 6) is 1.22. The van der Waals surface area contributed by atoms with Crippen LogP contribution in [-0.2, 0) is 6.42 Å². The first-order valence-electron chi connectivity index (χ1n) is 7.80. The number of rotatable bonds is 5. The first kappa shape index (κ1) is 15.3. The van der Waals surface area contributed by atoms with E-state index in [1.807, 2.05) is 6.92 Å². The van der Waals surface area contributed by atoms with Crippen LogP contribution in [0.15, 0.2) is 18.2 Å². The zero-order valence-electron chi connectivity index (χ0n) is 12.6. The molecule has 0 bridgehead atoms. The minimum Gasteiger partial charge on any atom is -0.490 e. The van der Waals surface area contributed by atoms with Gasteiger partial charge in [-0.1, -0.05) is 13.3 Å². The van der Waals surface area contributed by atoms with E-state index in [1.165, 1.54) is 25.3 Å². The van der Waals surface area contributed by atoms with Crippen LogP contribution in [0.3, 0.4) is 0 Å². The minimum atomic E-state index is -0.219. The van der Waals surface area contributed by atoms with E-state index in [-0.39, 0.29) is 18.0 Å². The van der Waals surface area contributed by atoms with Gasteiger partial charge in [0.2, 0.25) is 0 Å². The van der Waals surface area contributed by atoms with Gasteiger partial charge in [-0.05, 0) is 68.7 Å². The zero-order chi connectivity index (χ0) is 14.5. The van der Waals surface area contributed by atoms with E-state index in [4.69, 9.17) is 10.5 Å². The third-order valence-corrected chi connectivity index (χ3v) is 4.21. The summed E-state index contributed by atoms with van der Waals surface area (Å²) in [5.41, 5.74) is 6.74. The van der Waals surface area contributed by atoms with Crippen LogP contribution >= 0.6 is 0 Å². The molecule has 0 heterocycles. The maximum absolute atomic E-state index is 13.4. The van der Waals surface area contributed by atoms with Crippen LogP contribution in [0.25, 0.3) is 0 Å². The molecule has 0 amide bonds. The van der Waals surface area contributed by atoms with E-state index in [9.17, 15) is 4.39 Å². The van der Waals surface area contributed by atoms with Gasteiger partial charge in [-0.25, -0.2) is 4.39 Å². The van der Waals surface area contributed by atoms with Crippen molar-refractivity contribution in [1.29, 1.82) is 0 Å². The summed E-state index contributed by atoms with van der Waals surface area (Å²) in [6.07, 6.45) is 6.94. The molecule has 3 heteroatoms. The van der Waals surface area contributed by atoms with E-state index in [0.717, 1.165) is 24.2 Å². The molecule has 1 saturated carbocycles. The highest BCUT2D eigenvalue weighted by Crippen LogP contribution is 2.32. The Labute approximate surface area is 121 Å². The maximum atomic E-state index is 13.4. The molecule has 0 aliphatic heterocycles. The van der Waals surface area contributed by atoms with Crippen LogP contribution < -0.4 is 10.5 Å². The number of halogens is 1. The maximum Gasteiger partial charge on any atom is 0.123 e. The van der Waals surface area contributed by atoms with Crippen molar-refractivity contribution in [3.05, 3.63) is 29.6 Å². The molecule has 1 fully saturated rings. The number of ether oxygens (including phenoxy) is 1. The predicted octanol–water partition coefficient (Wildman–Crippen LogP) is 4.06. The van der Waals surface area contributed by atoms with Crippen molar-refractivity contribution in [1.82, 2.24) is 0 Å². The fraction of sp³-hybridized carbons (Fsp3) is 0.647. The lowest BCUT2D eigenvalue weighted by molar-refractivity contribution is 0.0892. The average Bonchev–Trinajstić information content (AvgIpc) is 2.42. The molecule has 2 N–H and O–H groups in total. The summed E-state index contributed by atoms with van der Waals surface area (Å²) >= 11 is 0. The van der Waals surface area contributed by atoms with Gasteiger partial charge in [0.05, 0.1) is 0 Å². The Morgan fingerprint density at radius 2 is 2.10 bits per heavy atom. The van der Waals surface area contributed by atoms with Crippen molar-refractivity contribution in [2.45, 2.75) is 64.5 Å². The van der Waals surface area contributed by atoms with Gasteiger partial charge in [-0.2, -0.15) is 0 Å². The number of nitrogens with two attached hydrogens (primary N) is 1. The first-order chi connectivity index (χ1) is 9.60. The minimum absolute atomic E-state index is 0.00692. The zero-order valence-corrected chi connectivity index (χ0v) is 12.6. The molecule has 3 atom stereocenters. The van der Waals surface area contributed by atoms with Crippen molar-refractivity contribution in [3.8, 4) is 5.75 Å². The molecule has 0 spiro atoms. The SMILES string of the molecule is CCC1CCCCC1Oc1ccc(F)cc1CC(C)N. The van der Waals surface area contributed by atoms with Crippen LogP contribution in [0.4, 0.5) is 4.39 Å². The fourth-order valence-corrected chi connectivity index (χ4v) is 3.13. The lowest BCUT2D eigenvalue weighted by Gasteiger charge is -2.32. The van der Waals surface area contributed by atoms with Crippen LogP contribution in [0.5, 0.6) is 5.75 Å². The van der Waals surface area contributed by atoms with Crippen molar-refractivity contribution in [2.75, 3.05) is 0 Å². The molecular formula is C17H26FNO. The third-order valence-electron chi connectivity index (χ3n) is 4.21. The molecule has 2 rings (SSSR count). The lowest BCUT2D eigenvalue weighted by Crippen LogP contribution is -2.30. The number of hydrogen-bond donors (Lipinski definition) is 1.